The Morgan fingerprint density at radius 3 is 2.58 bits per heavy atom. The van der Waals surface area contributed by atoms with E-state index in [1.165, 1.54) is 11.6 Å². The number of nitrogens with one attached hydrogen (secondary N) is 4. The zero-order valence-electron chi connectivity index (χ0n) is 29.8. The van der Waals surface area contributed by atoms with Gasteiger partial charge in [-0.3, -0.25) is 33.7 Å². The molecule has 0 saturated carbocycles. The Bertz CT molecular complexity index is 2300. The van der Waals surface area contributed by atoms with Gasteiger partial charge in [0.2, 0.25) is 17.8 Å². The smallest absolute Gasteiger partial charge is 0.294 e. The van der Waals surface area contributed by atoms with Gasteiger partial charge in [-0.15, -0.1) is 0 Å². The largest absolute Gasteiger partial charge is 0.478 e. The number of ether oxygens (including phenoxy) is 1. The van der Waals surface area contributed by atoms with Gasteiger partial charge in [-0.05, 0) is 63.4 Å². The lowest BCUT2D eigenvalue weighted by Crippen LogP contribution is -2.40. The van der Waals surface area contributed by atoms with Crippen molar-refractivity contribution in [2.24, 2.45) is 7.05 Å². The number of rotatable bonds is 10. The Labute approximate surface area is 309 Å². The average molecular weight is 742 g/mol. The summed E-state index contributed by atoms with van der Waals surface area (Å²) in [6, 6.07) is 9.46. The standard InChI is InChI=1S/C36H40ClN11O5/c1-19(2)48-33-20(14-28(35(48)52)53-18-30(50)38-3)13-23(16-39-33)42-32-26(37)17-40-36(44-32)47-11-9-21(10-12-47)41-22-5-6-24-27(15-22)46(4)45-31(24)25-7-8-29(49)43-34(25)51/h5-6,13-17,19,21,25,41H,7-12,18H2,1-4H3,(H,38,50)(H,40,42,44)(H,43,49,51). The summed E-state index contributed by atoms with van der Waals surface area (Å²) in [6.45, 7) is 4.90. The highest BCUT2D eigenvalue weighted by molar-refractivity contribution is 6.32. The average Bonchev–Trinajstić information content (AvgIpc) is 3.46. The van der Waals surface area contributed by atoms with Crippen molar-refractivity contribution in [1.29, 1.82) is 0 Å². The van der Waals surface area contributed by atoms with E-state index >= 15 is 0 Å². The van der Waals surface area contributed by atoms with Gasteiger partial charge < -0.3 is 25.6 Å². The minimum absolute atomic E-state index is 0.0467. The van der Waals surface area contributed by atoms with E-state index in [0.29, 0.717) is 52.0 Å². The van der Waals surface area contributed by atoms with E-state index in [-0.39, 0.29) is 47.7 Å². The van der Waals surface area contributed by atoms with Crippen molar-refractivity contribution in [1.82, 2.24) is 39.9 Å². The van der Waals surface area contributed by atoms with Gasteiger partial charge in [-0.2, -0.15) is 10.1 Å². The summed E-state index contributed by atoms with van der Waals surface area (Å²) in [7, 11) is 3.36. The molecule has 53 heavy (non-hydrogen) atoms. The summed E-state index contributed by atoms with van der Waals surface area (Å²) in [4.78, 5) is 65.1. The molecule has 1 aromatic carbocycles. The van der Waals surface area contributed by atoms with Crippen LogP contribution in [0.2, 0.25) is 5.02 Å². The molecule has 5 aromatic rings. The molecule has 2 fully saturated rings. The van der Waals surface area contributed by atoms with Gasteiger partial charge in [0.15, 0.2) is 18.2 Å². The van der Waals surface area contributed by atoms with Crippen LogP contribution in [0.4, 0.5) is 23.1 Å². The van der Waals surface area contributed by atoms with Crippen LogP contribution in [0.25, 0.3) is 21.9 Å². The van der Waals surface area contributed by atoms with Gasteiger partial charge in [0.25, 0.3) is 11.5 Å². The van der Waals surface area contributed by atoms with Crippen molar-refractivity contribution in [3.63, 3.8) is 0 Å². The number of aromatic nitrogens is 6. The molecule has 2 saturated heterocycles. The van der Waals surface area contributed by atoms with Crippen LogP contribution in [0.15, 0.2) is 47.5 Å². The number of carbonyl (C=O) groups excluding carboxylic acids is 3. The molecule has 6 heterocycles. The molecule has 2 aliphatic rings. The first-order valence-electron chi connectivity index (χ1n) is 17.5. The SMILES string of the molecule is CNC(=O)COc1cc2cc(Nc3nc(N4CCC(Nc5ccc6c(C7CCC(=O)NC7=O)nn(C)c6c5)CC4)ncc3Cl)cnc2n(C(C)C)c1=O. The topological polar surface area (TPSA) is 190 Å². The lowest BCUT2D eigenvalue weighted by molar-refractivity contribution is -0.134. The van der Waals surface area contributed by atoms with Crippen molar-refractivity contribution in [3.05, 3.63) is 63.8 Å². The van der Waals surface area contributed by atoms with Gasteiger partial charge in [0.1, 0.15) is 10.7 Å². The maximum Gasteiger partial charge on any atom is 0.294 e. The third kappa shape index (κ3) is 7.31. The summed E-state index contributed by atoms with van der Waals surface area (Å²) in [5.74, 6) is -0.345. The normalized spacial score (nSPS) is 16.6. The second-order valence-corrected chi connectivity index (χ2v) is 13.9. The molecular formula is C36H40ClN11O5. The van der Waals surface area contributed by atoms with Gasteiger partial charge in [-0.1, -0.05) is 11.6 Å². The van der Waals surface area contributed by atoms with Crippen LogP contribution in [0.3, 0.4) is 0 Å². The van der Waals surface area contributed by atoms with Crippen LogP contribution >= 0.6 is 11.6 Å². The molecule has 16 nitrogen and oxygen atoms in total. The maximum absolute atomic E-state index is 13.2. The molecule has 0 radical (unpaired) electrons. The van der Waals surface area contributed by atoms with Crippen LogP contribution < -0.4 is 36.5 Å². The molecule has 4 N–H and O–H groups in total. The fraction of sp³-hybridized carbons (Fsp3) is 0.389. The quantitative estimate of drug-likeness (QED) is 0.152. The van der Waals surface area contributed by atoms with Crippen molar-refractivity contribution >= 4 is 74.4 Å². The maximum atomic E-state index is 13.2. The number of likely N-dealkylation sites (N-methyl/N-ethyl adjacent to an activating group) is 1. The number of amides is 3. The molecule has 0 spiro atoms. The number of halogens is 1. The minimum Gasteiger partial charge on any atom is -0.478 e. The molecule has 276 valence electrons. The molecular weight excluding hydrogens is 702 g/mol. The summed E-state index contributed by atoms with van der Waals surface area (Å²) < 4.78 is 8.88. The second-order valence-electron chi connectivity index (χ2n) is 13.5. The number of fused-ring (bicyclic) bond motifs is 2. The molecule has 1 unspecified atom stereocenters. The summed E-state index contributed by atoms with van der Waals surface area (Å²) >= 11 is 6.55. The summed E-state index contributed by atoms with van der Waals surface area (Å²) in [6.07, 6.45) is 5.62. The molecule has 7 rings (SSSR count). The predicted molar refractivity (Wildman–Crippen MR) is 201 cm³/mol. The highest BCUT2D eigenvalue weighted by Crippen LogP contribution is 2.33. The number of hydrogen-bond donors (Lipinski definition) is 4. The Morgan fingerprint density at radius 2 is 1.85 bits per heavy atom. The van der Waals surface area contributed by atoms with Crippen LogP contribution in [0.1, 0.15) is 57.2 Å². The number of carbonyl (C=O) groups is 3. The third-order valence-corrected chi connectivity index (χ3v) is 9.86. The molecule has 0 bridgehead atoms. The first kappa shape index (κ1) is 35.6. The van der Waals surface area contributed by atoms with Gasteiger partial charge in [0.05, 0.1) is 35.2 Å². The van der Waals surface area contributed by atoms with Gasteiger partial charge >= 0.3 is 0 Å². The van der Waals surface area contributed by atoms with E-state index in [1.54, 1.807) is 23.1 Å². The van der Waals surface area contributed by atoms with Crippen molar-refractivity contribution in [3.8, 4) is 5.75 Å². The number of pyridine rings is 2. The van der Waals surface area contributed by atoms with Crippen LogP contribution in [0.5, 0.6) is 5.75 Å². The lowest BCUT2D eigenvalue weighted by atomic mass is 9.93. The van der Waals surface area contributed by atoms with Crippen LogP contribution in [-0.2, 0) is 21.4 Å². The first-order chi connectivity index (χ1) is 25.5. The van der Waals surface area contributed by atoms with Crippen LogP contribution in [-0.4, -0.2) is 79.8 Å². The summed E-state index contributed by atoms with van der Waals surface area (Å²) in [5.41, 5.74) is 3.26. The van der Waals surface area contributed by atoms with Crippen molar-refractivity contribution in [2.45, 2.75) is 57.5 Å². The fourth-order valence-corrected chi connectivity index (χ4v) is 6.99. The van der Waals surface area contributed by atoms with Gasteiger partial charge in [0, 0.05) is 62.1 Å². The van der Waals surface area contributed by atoms with Gasteiger partial charge in [-0.25, -0.2) is 9.97 Å². The zero-order chi connectivity index (χ0) is 37.4. The van der Waals surface area contributed by atoms with E-state index < -0.39 is 5.92 Å². The van der Waals surface area contributed by atoms with E-state index in [9.17, 15) is 19.2 Å². The van der Waals surface area contributed by atoms with Crippen molar-refractivity contribution in [2.75, 3.05) is 42.3 Å². The first-order valence-corrected chi connectivity index (χ1v) is 17.9. The van der Waals surface area contributed by atoms with E-state index in [2.05, 4.69) is 41.2 Å². The molecule has 4 aromatic heterocycles. The Morgan fingerprint density at radius 1 is 1.06 bits per heavy atom. The predicted octanol–water partition coefficient (Wildman–Crippen LogP) is 3.78. The molecule has 1 atom stereocenters. The number of hydrogen-bond acceptors (Lipinski definition) is 12. The number of aryl methyl sites for hydroxylation is 1. The van der Waals surface area contributed by atoms with Crippen molar-refractivity contribution < 1.29 is 19.1 Å². The Kier molecular flexibility index (Phi) is 9.88. The monoisotopic (exact) mass is 741 g/mol. The highest BCUT2D eigenvalue weighted by atomic mass is 35.5. The van der Waals surface area contributed by atoms with Crippen LogP contribution in [0, 0.1) is 0 Å². The number of anilines is 4. The number of imide groups is 1. The number of nitrogens with zero attached hydrogens (tertiary/aromatic N) is 7. The molecule has 2 aliphatic heterocycles. The summed E-state index contributed by atoms with van der Waals surface area (Å²) in [5, 5.41) is 18.3. The Balaban J connectivity index is 1.03. The third-order valence-electron chi connectivity index (χ3n) is 9.59. The molecule has 0 aliphatic carbocycles. The number of piperidine rings is 2. The number of benzene rings is 1. The minimum atomic E-state index is -0.449. The van der Waals surface area contributed by atoms with E-state index in [1.807, 2.05) is 45.2 Å². The van der Waals surface area contributed by atoms with E-state index in [0.717, 1.165) is 42.5 Å². The molecule has 3 amide bonds. The zero-order valence-corrected chi connectivity index (χ0v) is 30.5. The Hall–Kier alpha value is -5.77. The highest BCUT2D eigenvalue weighted by Gasteiger charge is 2.32. The molecule has 17 heteroatoms. The second kappa shape index (κ2) is 14.7. The lowest BCUT2D eigenvalue weighted by Gasteiger charge is -2.33. The fourth-order valence-electron chi connectivity index (χ4n) is 6.85. The van der Waals surface area contributed by atoms with E-state index in [4.69, 9.17) is 21.3 Å².